The molecule has 0 spiro atoms. The lowest BCUT2D eigenvalue weighted by Gasteiger charge is -2.40. The lowest BCUT2D eigenvalue weighted by molar-refractivity contribution is -0.143. The number of hydrogen-bond acceptors (Lipinski definition) is 14. The largest absolute Gasteiger partial charge is 0.481 e. The van der Waals surface area contributed by atoms with Crippen LogP contribution in [0.25, 0.3) is 0 Å². The number of rotatable bonds is 19. The first-order valence-corrected chi connectivity index (χ1v) is 23.0. The summed E-state index contributed by atoms with van der Waals surface area (Å²) in [6.45, 7) is -0.535. The van der Waals surface area contributed by atoms with Crippen LogP contribution in [-0.4, -0.2) is 196 Å². The third-order valence-electron chi connectivity index (χ3n) is 11.8. The lowest BCUT2D eigenvalue weighted by atomic mass is 9.94. The smallest absolute Gasteiger partial charge is 0.407 e. The first-order chi connectivity index (χ1) is 31.4. The van der Waals surface area contributed by atoms with E-state index in [0.29, 0.717) is 24.3 Å². The highest BCUT2D eigenvalue weighted by atomic mass is 32.2. The number of nitrogens with one attached hydrogen (secondary N) is 2. The minimum absolute atomic E-state index is 0.0508. The fourth-order valence-electron chi connectivity index (χ4n) is 7.83. The van der Waals surface area contributed by atoms with Gasteiger partial charge in [0.1, 0.15) is 11.5 Å². The standard InChI is InChI=1S/C42H60N8O15S/c43-34(37(54)48-18-15-42(16-19-48,39(57)45-62)66(63,64)33-12-10-32(11-13-33)65-31-6-2-1-3-7-31)8-4-5-17-44-35(51)14-9-30(38(55)56)28-46-20-21-47(29-36(52)53)23-25-50(41(60)61)27-26-49(24-22-46)40(58)59/h1-3,6-7,10-13,30,34,62H,4-5,8-9,14-29,43H2,(H,44,51)(H,45,57)(H,52,53)(H,55,56)(H,58,59)(H,60,61)/t30?,34-/m0/s1. The predicted molar refractivity (Wildman–Crippen MR) is 234 cm³/mol. The first-order valence-electron chi connectivity index (χ1n) is 21.5. The number of carbonyl (C=O) groups is 7. The fourth-order valence-corrected chi connectivity index (χ4v) is 9.78. The molecular formula is C42H60N8O15S. The molecule has 0 radical (unpaired) electrons. The van der Waals surface area contributed by atoms with Crippen molar-refractivity contribution in [1.29, 1.82) is 0 Å². The molecule has 1 unspecified atom stereocenters. The van der Waals surface area contributed by atoms with Gasteiger partial charge in [0, 0.05) is 85.0 Å². The van der Waals surface area contributed by atoms with E-state index in [2.05, 4.69) is 5.32 Å². The van der Waals surface area contributed by atoms with Gasteiger partial charge in [-0.05, 0) is 74.9 Å². The van der Waals surface area contributed by atoms with E-state index in [1.54, 1.807) is 29.2 Å². The first kappa shape index (κ1) is 52.5. The van der Waals surface area contributed by atoms with E-state index < -0.39 is 74.9 Å². The molecule has 2 aromatic carbocycles. The number of likely N-dealkylation sites (tertiary alicyclic amines) is 1. The number of aliphatic carboxylic acids is 2. The number of carboxylic acid groups (broad SMARTS) is 4. The van der Waals surface area contributed by atoms with Crippen molar-refractivity contribution >= 4 is 51.7 Å². The van der Waals surface area contributed by atoms with Gasteiger partial charge >= 0.3 is 24.1 Å². The SMILES string of the molecule is N[C@@H](CCCCNC(=O)CCC(CN1CCN(CC(=O)O)CCN(C(=O)O)CCN(C(=O)O)CC1)C(=O)O)C(=O)N1CCC(C(=O)NO)(S(=O)(=O)c2ccc(Oc3ccccc3)cc2)CC1. The van der Waals surface area contributed by atoms with Crippen LogP contribution in [0.2, 0.25) is 0 Å². The number of piperidine rings is 1. The number of carboxylic acids is 2. The molecule has 4 rings (SSSR count). The molecule has 2 aliphatic heterocycles. The van der Waals surface area contributed by atoms with Crippen LogP contribution in [-0.2, 0) is 33.8 Å². The van der Waals surface area contributed by atoms with Gasteiger partial charge in [-0.2, -0.15) is 0 Å². The van der Waals surface area contributed by atoms with Crippen molar-refractivity contribution in [1.82, 2.24) is 35.3 Å². The second-order valence-electron chi connectivity index (χ2n) is 16.2. The number of hydrogen-bond donors (Lipinski definition) is 8. The Labute approximate surface area is 381 Å². The summed E-state index contributed by atoms with van der Waals surface area (Å²) in [5, 5.41) is 51.0. The molecule has 2 saturated heterocycles. The van der Waals surface area contributed by atoms with Gasteiger partial charge in [-0.15, -0.1) is 0 Å². The molecule has 0 aromatic heterocycles. The Bertz CT molecular complexity index is 2090. The summed E-state index contributed by atoms with van der Waals surface area (Å²) in [7, 11) is -4.38. The van der Waals surface area contributed by atoms with Crippen LogP contribution in [0.4, 0.5) is 9.59 Å². The highest BCUT2D eigenvalue weighted by molar-refractivity contribution is 7.93. The van der Waals surface area contributed by atoms with Crippen LogP contribution in [0.3, 0.4) is 0 Å². The maximum absolute atomic E-state index is 13.9. The molecule has 2 aromatic rings. The predicted octanol–water partition coefficient (Wildman–Crippen LogP) is 0.876. The number of nitrogens with zero attached hydrogens (tertiary/aromatic N) is 5. The zero-order valence-electron chi connectivity index (χ0n) is 36.5. The Hall–Kier alpha value is -6.08. The second-order valence-corrected chi connectivity index (χ2v) is 18.4. The molecule has 23 nitrogen and oxygen atoms in total. The molecule has 24 heteroatoms. The third-order valence-corrected chi connectivity index (χ3v) is 14.3. The molecule has 2 aliphatic rings. The molecule has 5 amide bonds. The number of nitrogens with two attached hydrogens (primary N) is 1. The Kier molecular flexibility index (Phi) is 19.9. The van der Waals surface area contributed by atoms with Crippen molar-refractivity contribution < 1.29 is 72.3 Å². The molecule has 2 atom stereocenters. The van der Waals surface area contributed by atoms with Gasteiger partial charge in [-0.25, -0.2) is 23.5 Å². The van der Waals surface area contributed by atoms with Crippen molar-refractivity contribution in [3.63, 3.8) is 0 Å². The Morgan fingerprint density at radius 1 is 0.697 bits per heavy atom. The lowest BCUT2D eigenvalue weighted by Crippen LogP contribution is -2.59. The van der Waals surface area contributed by atoms with Gasteiger partial charge in [0.15, 0.2) is 14.6 Å². The molecular weight excluding hydrogens is 889 g/mol. The summed E-state index contributed by atoms with van der Waals surface area (Å²) in [5.74, 6) is -4.44. The minimum Gasteiger partial charge on any atom is -0.481 e. The summed E-state index contributed by atoms with van der Waals surface area (Å²) in [4.78, 5) is 93.0. The van der Waals surface area contributed by atoms with E-state index >= 15 is 0 Å². The van der Waals surface area contributed by atoms with E-state index in [9.17, 15) is 67.6 Å². The van der Waals surface area contributed by atoms with Crippen LogP contribution >= 0.6 is 0 Å². The Morgan fingerprint density at radius 3 is 1.80 bits per heavy atom. The van der Waals surface area contributed by atoms with E-state index in [4.69, 9.17) is 10.5 Å². The van der Waals surface area contributed by atoms with Crippen LogP contribution in [0.5, 0.6) is 11.5 Å². The van der Waals surface area contributed by atoms with Crippen LogP contribution in [0.1, 0.15) is 44.9 Å². The highest BCUT2D eigenvalue weighted by Gasteiger charge is 2.53. The number of unbranched alkanes of at least 4 members (excludes halogenated alkanes) is 1. The normalized spacial score (nSPS) is 17.6. The number of benzene rings is 2. The van der Waals surface area contributed by atoms with Gasteiger partial charge < -0.3 is 50.9 Å². The average Bonchev–Trinajstić information content (AvgIpc) is 3.28. The van der Waals surface area contributed by atoms with Crippen molar-refractivity contribution in [2.24, 2.45) is 11.7 Å². The molecule has 9 N–H and O–H groups in total. The summed E-state index contributed by atoms with van der Waals surface area (Å²) >= 11 is 0. The topological polar surface area (TPSA) is 330 Å². The van der Waals surface area contributed by atoms with Crippen molar-refractivity contribution in [3.8, 4) is 11.5 Å². The molecule has 2 fully saturated rings. The average molecular weight is 949 g/mol. The quantitative estimate of drug-likeness (QED) is 0.0550. The van der Waals surface area contributed by atoms with Gasteiger partial charge in [0.25, 0.3) is 5.91 Å². The number of para-hydroxylation sites is 1. The highest BCUT2D eigenvalue weighted by Crippen LogP contribution is 2.37. The molecule has 2 heterocycles. The molecule has 0 bridgehead atoms. The third kappa shape index (κ3) is 15.0. The summed E-state index contributed by atoms with van der Waals surface area (Å²) < 4.78 is 31.5. The zero-order chi connectivity index (χ0) is 48.4. The molecule has 0 aliphatic carbocycles. The Morgan fingerprint density at radius 2 is 1.24 bits per heavy atom. The van der Waals surface area contributed by atoms with Crippen molar-refractivity contribution in [3.05, 3.63) is 54.6 Å². The number of sulfone groups is 1. The van der Waals surface area contributed by atoms with Gasteiger partial charge in [-0.3, -0.25) is 39.0 Å². The molecule has 0 saturated carbocycles. The number of hydroxylamine groups is 1. The van der Waals surface area contributed by atoms with E-state index in [1.807, 2.05) is 6.07 Å². The summed E-state index contributed by atoms with van der Waals surface area (Å²) in [6, 6.07) is 13.4. The van der Waals surface area contributed by atoms with Crippen molar-refractivity contribution in [2.45, 2.75) is 60.6 Å². The second kappa shape index (κ2) is 25.0. The zero-order valence-corrected chi connectivity index (χ0v) is 37.3. The van der Waals surface area contributed by atoms with Gasteiger partial charge in [0.05, 0.1) is 23.4 Å². The Balaban J connectivity index is 1.23. The van der Waals surface area contributed by atoms with Crippen LogP contribution < -0.4 is 21.3 Å². The van der Waals surface area contributed by atoms with Crippen molar-refractivity contribution in [2.75, 3.05) is 85.1 Å². The van der Waals surface area contributed by atoms with Gasteiger partial charge in [-0.1, -0.05) is 18.2 Å². The van der Waals surface area contributed by atoms with Crippen LogP contribution in [0.15, 0.2) is 59.5 Å². The number of carbonyl (C=O) groups excluding carboxylic acids is 3. The fraction of sp³-hybridized carbons (Fsp3) is 0.548. The molecule has 66 heavy (non-hydrogen) atoms. The summed E-state index contributed by atoms with van der Waals surface area (Å²) in [5.41, 5.74) is 7.71. The number of amides is 5. The maximum atomic E-state index is 13.9. The van der Waals surface area contributed by atoms with Crippen LogP contribution in [0, 0.1) is 5.92 Å². The minimum atomic E-state index is -4.38. The van der Waals surface area contributed by atoms with E-state index in [-0.39, 0.29) is 116 Å². The monoisotopic (exact) mass is 948 g/mol. The van der Waals surface area contributed by atoms with E-state index in [0.717, 1.165) is 9.80 Å². The molecule has 364 valence electrons. The maximum Gasteiger partial charge on any atom is 0.407 e. The van der Waals surface area contributed by atoms with Gasteiger partial charge in [0.2, 0.25) is 11.8 Å². The summed E-state index contributed by atoms with van der Waals surface area (Å²) in [6.07, 6.45) is -2.30. The number of ether oxygens (including phenoxy) is 1. The van der Waals surface area contributed by atoms with E-state index in [1.165, 1.54) is 39.5 Å².